The van der Waals surface area contributed by atoms with E-state index in [1.165, 1.54) is 0 Å². The number of carbonyl (C=O) groups is 1. The number of benzene rings is 1. The molecule has 0 saturated heterocycles. The van der Waals surface area contributed by atoms with Gasteiger partial charge in [-0.2, -0.15) is 0 Å². The Hall–Kier alpha value is -2.20. The average Bonchev–Trinajstić information content (AvgIpc) is 2.17. The van der Waals surface area contributed by atoms with Crippen molar-refractivity contribution in [2.24, 2.45) is 5.11 Å². The summed E-state index contributed by atoms with van der Waals surface area (Å²) in [5.74, 6) is -0.972. The largest absolute Gasteiger partial charge is 0.480 e. The van der Waals surface area contributed by atoms with Crippen LogP contribution in [0.4, 0.5) is 11.4 Å². The van der Waals surface area contributed by atoms with E-state index < -0.39 is 5.97 Å². The Balaban J connectivity index is 2.84. The van der Waals surface area contributed by atoms with E-state index in [1.54, 1.807) is 24.3 Å². The van der Waals surface area contributed by atoms with E-state index in [0.29, 0.717) is 11.4 Å². The Morgan fingerprint density at radius 3 is 2.93 bits per heavy atom. The minimum atomic E-state index is -0.972. The van der Waals surface area contributed by atoms with Gasteiger partial charge in [-0.15, -0.1) is 0 Å². The highest BCUT2D eigenvalue weighted by Gasteiger charge is 2.00. The summed E-state index contributed by atoms with van der Waals surface area (Å²) in [7, 11) is 0. The lowest BCUT2D eigenvalue weighted by Crippen LogP contribution is -2.12. The summed E-state index contributed by atoms with van der Waals surface area (Å²) in [6.45, 7) is -0.210. The molecule has 0 amide bonds. The molecule has 1 aromatic rings. The summed E-state index contributed by atoms with van der Waals surface area (Å²) in [6, 6.07) is 6.67. The molecule has 0 atom stereocenters. The molecule has 0 aliphatic rings. The van der Waals surface area contributed by atoms with Crippen LogP contribution in [0.15, 0.2) is 29.4 Å². The number of rotatable bonds is 4. The van der Waals surface area contributed by atoms with E-state index in [-0.39, 0.29) is 6.54 Å². The average molecular weight is 192 g/mol. The molecule has 0 aromatic heterocycles. The third kappa shape index (κ3) is 2.69. The fourth-order valence-electron chi connectivity index (χ4n) is 0.929. The number of azide groups is 1. The number of aliphatic carboxylic acids is 1. The number of nitrogens with one attached hydrogen (secondary N) is 1. The van der Waals surface area contributed by atoms with Crippen LogP contribution in [0, 0.1) is 0 Å². The second-order valence-electron chi connectivity index (χ2n) is 2.45. The topological polar surface area (TPSA) is 98.1 Å². The molecule has 0 fully saturated rings. The predicted octanol–water partition coefficient (Wildman–Crippen LogP) is 2.12. The van der Waals surface area contributed by atoms with Gasteiger partial charge in [0.25, 0.3) is 0 Å². The highest BCUT2D eigenvalue weighted by Crippen LogP contribution is 2.23. The molecule has 0 heterocycles. The quantitative estimate of drug-likeness (QED) is 0.434. The van der Waals surface area contributed by atoms with Crippen LogP contribution in [-0.2, 0) is 4.79 Å². The van der Waals surface area contributed by atoms with Crippen molar-refractivity contribution in [3.05, 3.63) is 34.7 Å². The van der Waals surface area contributed by atoms with Crippen LogP contribution in [0.3, 0.4) is 0 Å². The van der Waals surface area contributed by atoms with E-state index in [4.69, 9.17) is 10.6 Å². The van der Waals surface area contributed by atoms with E-state index >= 15 is 0 Å². The Kier molecular flexibility index (Phi) is 3.34. The first-order valence-corrected chi connectivity index (χ1v) is 3.84. The molecule has 6 nitrogen and oxygen atoms in total. The summed E-state index contributed by atoms with van der Waals surface area (Å²) in [6.07, 6.45) is 0. The zero-order valence-corrected chi connectivity index (χ0v) is 7.21. The first kappa shape index (κ1) is 9.88. The molecule has 0 radical (unpaired) electrons. The van der Waals surface area contributed by atoms with Crippen molar-refractivity contribution in [1.82, 2.24) is 0 Å². The fraction of sp³-hybridized carbons (Fsp3) is 0.125. The van der Waals surface area contributed by atoms with Crippen molar-refractivity contribution in [2.45, 2.75) is 0 Å². The van der Waals surface area contributed by atoms with Gasteiger partial charge in [-0.05, 0) is 11.6 Å². The van der Waals surface area contributed by atoms with Crippen molar-refractivity contribution in [3.63, 3.8) is 0 Å². The van der Waals surface area contributed by atoms with Gasteiger partial charge < -0.3 is 10.4 Å². The molecule has 0 bridgehead atoms. The van der Waals surface area contributed by atoms with Gasteiger partial charge in [0.15, 0.2) is 0 Å². The van der Waals surface area contributed by atoms with Gasteiger partial charge in [-0.25, -0.2) is 0 Å². The maximum atomic E-state index is 10.3. The smallest absolute Gasteiger partial charge is 0.322 e. The van der Waals surface area contributed by atoms with Crippen LogP contribution in [0.2, 0.25) is 0 Å². The highest BCUT2D eigenvalue weighted by molar-refractivity contribution is 5.75. The lowest BCUT2D eigenvalue weighted by atomic mass is 10.3. The molecule has 6 heteroatoms. The monoisotopic (exact) mass is 192 g/mol. The Bertz CT molecular complexity index is 385. The standard InChI is InChI=1S/C8H8N4O2/c9-12-11-7-4-2-1-3-6(7)10-5-8(13)14/h1-4,10H,5H2,(H,13,14). The van der Waals surface area contributed by atoms with Crippen LogP contribution >= 0.6 is 0 Å². The van der Waals surface area contributed by atoms with Crippen molar-refractivity contribution < 1.29 is 9.90 Å². The number of anilines is 1. The van der Waals surface area contributed by atoms with Crippen LogP contribution in [0.1, 0.15) is 0 Å². The lowest BCUT2D eigenvalue weighted by molar-refractivity contribution is -0.134. The van der Waals surface area contributed by atoms with Crippen LogP contribution < -0.4 is 5.32 Å². The third-order valence-corrected chi connectivity index (χ3v) is 1.49. The highest BCUT2D eigenvalue weighted by atomic mass is 16.4. The number of hydrogen-bond donors (Lipinski definition) is 2. The van der Waals surface area contributed by atoms with Crippen LogP contribution in [-0.4, -0.2) is 17.6 Å². The summed E-state index contributed by atoms with van der Waals surface area (Å²) < 4.78 is 0. The minimum Gasteiger partial charge on any atom is -0.480 e. The zero-order valence-electron chi connectivity index (χ0n) is 7.21. The molecule has 0 saturated carbocycles. The summed E-state index contributed by atoms with van der Waals surface area (Å²) >= 11 is 0. The summed E-state index contributed by atoms with van der Waals surface area (Å²) in [4.78, 5) is 12.9. The van der Waals surface area contributed by atoms with E-state index in [9.17, 15) is 4.79 Å². The second kappa shape index (κ2) is 4.74. The zero-order chi connectivity index (χ0) is 10.4. The minimum absolute atomic E-state index is 0.210. The number of carboxylic acids is 1. The third-order valence-electron chi connectivity index (χ3n) is 1.49. The predicted molar refractivity (Wildman–Crippen MR) is 51.4 cm³/mol. The summed E-state index contributed by atoms with van der Waals surface area (Å²) in [5.41, 5.74) is 9.13. The maximum absolute atomic E-state index is 10.3. The van der Waals surface area contributed by atoms with Crippen molar-refractivity contribution in [3.8, 4) is 0 Å². The fourth-order valence-corrected chi connectivity index (χ4v) is 0.929. The molecule has 0 spiro atoms. The normalized spacial score (nSPS) is 8.86. The van der Waals surface area contributed by atoms with Crippen molar-refractivity contribution in [1.29, 1.82) is 0 Å². The van der Waals surface area contributed by atoms with Crippen molar-refractivity contribution in [2.75, 3.05) is 11.9 Å². The first-order valence-electron chi connectivity index (χ1n) is 3.84. The summed E-state index contributed by atoms with van der Waals surface area (Å²) in [5, 5.41) is 14.5. The van der Waals surface area contributed by atoms with Gasteiger partial charge in [0, 0.05) is 10.6 Å². The number of hydrogen-bond acceptors (Lipinski definition) is 3. The number of carboxylic acid groups (broad SMARTS) is 1. The molecule has 0 unspecified atom stereocenters. The molecular weight excluding hydrogens is 184 g/mol. The molecule has 0 aliphatic heterocycles. The van der Waals surface area contributed by atoms with Gasteiger partial charge in [-0.1, -0.05) is 23.3 Å². The molecule has 72 valence electrons. The van der Waals surface area contributed by atoms with Crippen LogP contribution in [0.5, 0.6) is 0 Å². The molecule has 1 rings (SSSR count). The van der Waals surface area contributed by atoms with E-state index in [2.05, 4.69) is 15.3 Å². The maximum Gasteiger partial charge on any atom is 0.322 e. The molecule has 0 aliphatic carbocycles. The Labute approximate surface area is 79.8 Å². The van der Waals surface area contributed by atoms with Gasteiger partial charge >= 0.3 is 5.97 Å². The van der Waals surface area contributed by atoms with Crippen molar-refractivity contribution >= 4 is 17.3 Å². The Morgan fingerprint density at radius 1 is 1.57 bits per heavy atom. The van der Waals surface area contributed by atoms with Gasteiger partial charge in [0.2, 0.25) is 0 Å². The SMILES string of the molecule is [N-]=[N+]=Nc1ccccc1NCC(=O)O. The second-order valence-corrected chi connectivity index (χ2v) is 2.45. The molecule has 2 N–H and O–H groups in total. The van der Waals surface area contributed by atoms with E-state index in [0.717, 1.165) is 0 Å². The molecular formula is C8H8N4O2. The van der Waals surface area contributed by atoms with Gasteiger partial charge in [-0.3, -0.25) is 4.79 Å². The van der Waals surface area contributed by atoms with Gasteiger partial charge in [0.1, 0.15) is 6.54 Å². The number of nitrogens with zero attached hydrogens (tertiary/aromatic N) is 3. The van der Waals surface area contributed by atoms with E-state index in [1.807, 2.05) is 0 Å². The molecule has 14 heavy (non-hydrogen) atoms. The Morgan fingerprint density at radius 2 is 2.29 bits per heavy atom. The lowest BCUT2D eigenvalue weighted by Gasteiger charge is -2.05. The van der Waals surface area contributed by atoms with Gasteiger partial charge in [0.05, 0.1) is 5.69 Å². The first-order chi connectivity index (χ1) is 6.74. The number of para-hydroxylation sites is 1. The van der Waals surface area contributed by atoms with Crippen LogP contribution in [0.25, 0.3) is 10.4 Å². The molecule has 1 aromatic carbocycles.